The van der Waals surface area contributed by atoms with Crippen LogP contribution < -0.4 is 15.6 Å². The van der Waals surface area contributed by atoms with Crippen LogP contribution in [0.4, 0.5) is 29.2 Å². The van der Waals surface area contributed by atoms with E-state index in [1.54, 1.807) is 0 Å². The third-order valence-electron chi connectivity index (χ3n) is 4.90. The van der Waals surface area contributed by atoms with Crippen molar-refractivity contribution >= 4 is 63.8 Å². The Bertz CT molecular complexity index is 1240. The van der Waals surface area contributed by atoms with E-state index in [0.29, 0.717) is 38.2 Å². The number of nitrogens with one attached hydrogen (secondary N) is 2. The zero-order valence-electron chi connectivity index (χ0n) is 18.5. The summed E-state index contributed by atoms with van der Waals surface area (Å²) in [7, 11) is 0. The third-order valence-corrected chi connectivity index (χ3v) is 5.56. The van der Waals surface area contributed by atoms with Crippen LogP contribution in [-0.2, 0) is 4.74 Å². The number of phenolic OH excluding ortho intramolecular Hbond substituents is 1. The van der Waals surface area contributed by atoms with Crippen LogP contribution in [0.1, 0.15) is 11.1 Å². The molecule has 1 aliphatic heterocycles. The Morgan fingerprint density at radius 3 is 2.66 bits per heavy atom. The van der Waals surface area contributed by atoms with Gasteiger partial charge in [-0.1, -0.05) is 12.1 Å². The molecule has 14 heteroatoms. The van der Waals surface area contributed by atoms with Gasteiger partial charge in [0.05, 0.1) is 30.0 Å². The van der Waals surface area contributed by atoms with E-state index in [1.165, 1.54) is 24.4 Å². The quantitative estimate of drug-likeness (QED) is 0.218. The first-order chi connectivity index (χ1) is 16.4. The molecule has 1 aromatic heterocycles. The number of aromatic nitrogens is 3. The van der Waals surface area contributed by atoms with E-state index in [4.69, 9.17) is 4.74 Å². The minimum absolute atomic E-state index is 0. The normalized spacial score (nSPS) is 13.4. The number of rotatable bonds is 7. The SMILES string of the molecule is Cc1ccc(Nc2nc(NN=Cc3cccc([N+](=O)[O-])c3O)nc(N3CCOCC3)n2)c(Br)c1.Cl. The van der Waals surface area contributed by atoms with Crippen LogP contribution in [0.25, 0.3) is 0 Å². The number of nitro benzene ring substituents is 1. The predicted octanol–water partition coefficient (Wildman–Crippen LogP) is 4.00. The number of hydrogen-bond donors (Lipinski definition) is 3. The van der Waals surface area contributed by atoms with Crippen LogP contribution >= 0.6 is 28.3 Å². The Labute approximate surface area is 215 Å². The number of ether oxygens (including phenoxy) is 1. The summed E-state index contributed by atoms with van der Waals surface area (Å²) < 4.78 is 6.27. The second-order valence-corrected chi connectivity index (χ2v) is 8.19. The molecule has 0 spiro atoms. The molecule has 0 atom stereocenters. The molecule has 0 aliphatic carbocycles. The van der Waals surface area contributed by atoms with Crippen LogP contribution in [0.15, 0.2) is 46.0 Å². The Kier molecular flexibility index (Phi) is 8.73. The topological polar surface area (TPSA) is 151 Å². The molecule has 1 fully saturated rings. The Balaban J connectivity index is 0.00000342. The molecule has 2 heterocycles. The van der Waals surface area contributed by atoms with Crippen LogP contribution in [-0.4, -0.2) is 57.5 Å². The van der Waals surface area contributed by atoms with Crippen molar-refractivity contribution in [2.75, 3.05) is 41.9 Å². The van der Waals surface area contributed by atoms with E-state index in [9.17, 15) is 15.2 Å². The monoisotopic (exact) mass is 564 g/mol. The Hall–Kier alpha value is -3.55. The summed E-state index contributed by atoms with van der Waals surface area (Å²) in [4.78, 5) is 25.7. The van der Waals surface area contributed by atoms with E-state index in [2.05, 4.69) is 46.7 Å². The average molecular weight is 566 g/mol. The number of phenols is 1. The van der Waals surface area contributed by atoms with Gasteiger partial charge in [0.15, 0.2) is 0 Å². The Morgan fingerprint density at radius 1 is 1.20 bits per heavy atom. The highest BCUT2D eigenvalue weighted by Crippen LogP contribution is 2.28. The van der Waals surface area contributed by atoms with Gasteiger partial charge in [-0.05, 0) is 46.6 Å². The van der Waals surface area contributed by atoms with Gasteiger partial charge in [0.2, 0.25) is 23.6 Å². The minimum Gasteiger partial charge on any atom is -0.502 e. The zero-order chi connectivity index (χ0) is 24.1. The van der Waals surface area contributed by atoms with Crippen molar-refractivity contribution in [1.29, 1.82) is 0 Å². The van der Waals surface area contributed by atoms with E-state index in [0.717, 1.165) is 15.7 Å². The zero-order valence-corrected chi connectivity index (χ0v) is 20.9. The average Bonchev–Trinajstić information content (AvgIpc) is 2.82. The van der Waals surface area contributed by atoms with Crippen LogP contribution in [0.3, 0.4) is 0 Å². The summed E-state index contributed by atoms with van der Waals surface area (Å²) in [6.45, 7) is 4.37. The predicted molar refractivity (Wildman–Crippen MR) is 138 cm³/mol. The van der Waals surface area contributed by atoms with Gasteiger partial charge in [0.1, 0.15) is 0 Å². The molecule has 3 aromatic rings. The maximum Gasteiger partial charge on any atom is 0.311 e. The second-order valence-electron chi connectivity index (χ2n) is 7.33. The van der Waals surface area contributed by atoms with Gasteiger partial charge in [-0.3, -0.25) is 10.1 Å². The lowest BCUT2D eigenvalue weighted by Crippen LogP contribution is -2.37. The molecule has 0 amide bonds. The summed E-state index contributed by atoms with van der Waals surface area (Å²) in [5.41, 5.74) is 4.36. The summed E-state index contributed by atoms with van der Waals surface area (Å²) in [5.74, 6) is 0.426. The fraction of sp³-hybridized carbons (Fsp3) is 0.238. The van der Waals surface area contributed by atoms with Gasteiger partial charge < -0.3 is 20.1 Å². The lowest BCUT2D eigenvalue weighted by atomic mass is 10.2. The highest BCUT2D eigenvalue weighted by Gasteiger charge is 2.18. The van der Waals surface area contributed by atoms with Gasteiger partial charge in [0.25, 0.3) is 0 Å². The summed E-state index contributed by atoms with van der Waals surface area (Å²) >= 11 is 3.54. The summed E-state index contributed by atoms with van der Waals surface area (Å²) in [5, 5.41) is 28.3. The standard InChI is InChI=1S/C21H21BrN8O4.ClH/c1-13-5-6-16(15(22)11-13)24-19-25-20(27-21(26-19)29-7-9-34-10-8-29)28-23-12-14-3-2-4-17(18(14)31)30(32)33;/h2-6,11-12,31H,7-10H2,1H3,(H2,24,25,26,27,28);1H. The fourth-order valence-corrected chi connectivity index (χ4v) is 3.77. The lowest BCUT2D eigenvalue weighted by Gasteiger charge is -2.27. The van der Waals surface area contributed by atoms with Crippen molar-refractivity contribution in [3.63, 3.8) is 0 Å². The first-order valence-corrected chi connectivity index (χ1v) is 11.1. The first-order valence-electron chi connectivity index (χ1n) is 10.3. The number of halogens is 2. The number of benzene rings is 2. The van der Waals surface area contributed by atoms with Crippen molar-refractivity contribution in [3.8, 4) is 5.75 Å². The van der Waals surface area contributed by atoms with Crippen molar-refractivity contribution in [2.24, 2.45) is 5.10 Å². The fourth-order valence-electron chi connectivity index (χ4n) is 3.18. The maximum atomic E-state index is 11.0. The molecule has 0 unspecified atom stereocenters. The van der Waals surface area contributed by atoms with Crippen molar-refractivity contribution in [3.05, 3.63) is 62.1 Å². The Morgan fingerprint density at radius 2 is 1.94 bits per heavy atom. The summed E-state index contributed by atoms with van der Waals surface area (Å²) in [6.07, 6.45) is 1.25. The number of anilines is 4. The molecule has 1 saturated heterocycles. The number of hydrazone groups is 1. The second kappa shape index (κ2) is 11.7. The number of aryl methyl sites for hydroxylation is 1. The highest BCUT2D eigenvalue weighted by atomic mass is 79.9. The molecule has 2 aromatic carbocycles. The number of nitro groups is 1. The smallest absolute Gasteiger partial charge is 0.311 e. The molecule has 0 bridgehead atoms. The molecule has 4 rings (SSSR count). The minimum atomic E-state index is -0.665. The number of aromatic hydroxyl groups is 1. The molecule has 12 nitrogen and oxygen atoms in total. The number of para-hydroxylation sites is 1. The van der Waals surface area contributed by atoms with Gasteiger partial charge in [0, 0.05) is 29.2 Å². The third kappa shape index (κ3) is 6.53. The van der Waals surface area contributed by atoms with Gasteiger partial charge in [-0.15, -0.1) is 12.4 Å². The van der Waals surface area contributed by atoms with Gasteiger partial charge >= 0.3 is 5.69 Å². The van der Waals surface area contributed by atoms with Crippen molar-refractivity contribution < 1.29 is 14.8 Å². The van der Waals surface area contributed by atoms with Crippen molar-refractivity contribution in [2.45, 2.75) is 6.92 Å². The summed E-state index contributed by atoms with van der Waals surface area (Å²) in [6, 6.07) is 10.0. The largest absolute Gasteiger partial charge is 0.502 e. The molecule has 1 aliphatic rings. The molecular weight excluding hydrogens is 544 g/mol. The van der Waals surface area contributed by atoms with Crippen LogP contribution in [0.2, 0.25) is 0 Å². The van der Waals surface area contributed by atoms with Gasteiger partial charge in [-0.2, -0.15) is 20.1 Å². The van der Waals surface area contributed by atoms with E-state index in [1.807, 2.05) is 30.0 Å². The maximum absolute atomic E-state index is 11.0. The van der Waals surface area contributed by atoms with E-state index >= 15 is 0 Å². The number of hydrogen-bond acceptors (Lipinski definition) is 11. The number of morpholine rings is 1. The van der Waals surface area contributed by atoms with Crippen LogP contribution in [0.5, 0.6) is 5.75 Å². The first kappa shape index (κ1) is 26.1. The molecule has 184 valence electrons. The van der Waals surface area contributed by atoms with Crippen molar-refractivity contribution in [1.82, 2.24) is 15.0 Å². The van der Waals surface area contributed by atoms with Gasteiger partial charge in [-0.25, -0.2) is 5.43 Å². The number of nitrogens with zero attached hydrogens (tertiary/aromatic N) is 6. The highest BCUT2D eigenvalue weighted by molar-refractivity contribution is 9.10. The molecule has 35 heavy (non-hydrogen) atoms. The van der Waals surface area contributed by atoms with Crippen LogP contribution in [0, 0.1) is 17.0 Å². The molecule has 0 saturated carbocycles. The van der Waals surface area contributed by atoms with E-state index in [-0.39, 0.29) is 23.9 Å². The molecular formula is C21H22BrClN8O4. The molecule has 3 N–H and O–H groups in total. The van der Waals surface area contributed by atoms with E-state index < -0.39 is 16.4 Å². The molecule has 0 radical (unpaired) electrons. The lowest BCUT2D eigenvalue weighted by molar-refractivity contribution is -0.385.